The van der Waals surface area contributed by atoms with Gasteiger partial charge in [-0.1, -0.05) is 38.1 Å². The summed E-state index contributed by atoms with van der Waals surface area (Å²) in [5, 5.41) is 0.760. The number of benzene rings is 1. The summed E-state index contributed by atoms with van der Waals surface area (Å²) in [6.45, 7) is 4.25. The van der Waals surface area contributed by atoms with Crippen LogP contribution >= 0.6 is 0 Å². The summed E-state index contributed by atoms with van der Waals surface area (Å²) in [6, 6.07) is 7.58. The molecule has 0 aliphatic rings. The molecule has 2 nitrogen and oxygen atoms in total. The Labute approximate surface area is 80.7 Å². The van der Waals surface area contributed by atoms with E-state index in [1.165, 1.54) is 0 Å². The molecule has 0 heterocycles. The van der Waals surface area contributed by atoms with Crippen molar-refractivity contribution in [3.05, 3.63) is 29.8 Å². The van der Waals surface area contributed by atoms with Crippen molar-refractivity contribution in [1.82, 2.24) is 0 Å². The Morgan fingerprint density at radius 2 is 1.85 bits per heavy atom. The molecule has 0 aliphatic heterocycles. The highest BCUT2D eigenvalue weighted by Gasteiger charge is 2.11. The second-order valence-electron chi connectivity index (χ2n) is 3.67. The van der Waals surface area contributed by atoms with Crippen LogP contribution in [0, 0.1) is 5.92 Å². The van der Waals surface area contributed by atoms with Crippen molar-refractivity contribution >= 4 is 14.5 Å². The molecule has 0 saturated heterocycles. The van der Waals surface area contributed by atoms with E-state index in [4.69, 9.17) is 0 Å². The van der Waals surface area contributed by atoms with Crippen LogP contribution in [0.15, 0.2) is 24.3 Å². The average Bonchev–Trinajstić information content (AvgIpc) is 2.03. The smallest absolute Gasteiger partial charge is 0.350 e. The van der Waals surface area contributed by atoms with Crippen LogP contribution in [0.3, 0.4) is 0 Å². The molecular formula is C10H16O2Si. The van der Waals surface area contributed by atoms with Crippen molar-refractivity contribution in [3.8, 4) is 0 Å². The van der Waals surface area contributed by atoms with Crippen molar-refractivity contribution in [3.63, 3.8) is 0 Å². The van der Waals surface area contributed by atoms with E-state index in [2.05, 4.69) is 13.8 Å². The highest BCUT2D eigenvalue weighted by molar-refractivity contribution is 6.59. The molecule has 0 radical (unpaired) electrons. The third-order valence-electron chi connectivity index (χ3n) is 1.96. The summed E-state index contributed by atoms with van der Waals surface area (Å²) >= 11 is 0. The molecule has 1 aromatic carbocycles. The van der Waals surface area contributed by atoms with E-state index in [1.54, 1.807) is 0 Å². The largest absolute Gasteiger partial charge is 0.410 e. The van der Waals surface area contributed by atoms with Gasteiger partial charge < -0.3 is 9.59 Å². The topological polar surface area (TPSA) is 40.5 Å². The van der Waals surface area contributed by atoms with Crippen molar-refractivity contribution in [2.75, 3.05) is 0 Å². The monoisotopic (exact) mass is 196 g/mol. The lowest BCUT2D eigenvalue weighted by Gasteiger charge is -2.11. The Hall–Kier alpha value is -0.643. The molecule has 2 N–H and O–H groups in total. The van der Waals surface area contributed by atoms with Gasteiger partial charge in [0.1, 0.15) is 0 Å². The minimum Gasteiger partial charge on any atom is -0.410 e. The predicted octanol–water partition coefficient (Wildman–Crippen LogP) is 0.297. The normalized spacial score (nSPS) is 11.2. The van der Waals surface area contributed by atoms with Crippen molar-refractivity contribution in [2.45, 2.75) is 20.3 Å². The van der Waals surface area contributed by atoms with Gasteiger partial charge >= 0.3 is 9.28 Å². The van der Waals surface area contributed by atoms with Gasteiger partial charge in [-0.25, -0.2) is 0 Å². The van der Waals surface area contributed by atoms with Crippen LogP contribution in [0.2, 0.25) is 0 Å². The van der Waals surface area contributed by atoms with Crippen LogP contribution in [0.5, 0.6) is 0 Å². The first kappa shape index (κ1) is 10.4. The number of rotatable bonds is 3. The van der Waals surface area contributed by atoms with Crippen LogP contribution in [-0.4, -0.2) is 18.9 Å². The van der Waals surface area contributed by atoms with Crippen LogP contribution in [0.25, 0.3) is 0 Å². The van der Waals surface area contributed by atoms with Crippen LogP contribution in [0.4, 0.5) is 0 Å². The number of hydrogen-bond donors (Lipinski definition) is 2. The summed E-state index contributed by atoms with van der Waals surface area (Å²) < 4.78 is 0. The third kappa shape index (κ3) is 2.95. The Balaban J connectivity index is 2.91. The number of hydrogen-bond acceptors (Lipinski definition) is 2. The molecule has 1 aromatic rings. The highest BCUT2D eigenvalue weighted by Crippen LogP contribution is 2.05. The SMILES string of the molecule is CC(C)Cc1ccccc1[SiH](O)O. The maximum atomic E-state index is 9.21. The highest BCUT2D eigenvalue weighted by atomic mass is 28.3. The molecule has 0 spiro atoms. The summed E-state index contributed by atoms with van der Waals surface area (Å²) in [5.74, 6) is 0.550. The fourth-order valence-corrected chi connectivity index (χ4v) is 2.24. The van der Waals surface area contributed by atoms with Crippen LogP contribution in [0.1, 0.15) is 19.4 Å². The third-order valence-corrected chi connectivity index (χ3v) is 3.08. The van der Waals surface area contributed by atoms with Gasteiger partial charge in [-0.15, -0.1) is 0 Å². The zero-order chi connectivity index (χ0) is 9.84. The summed E-state index contributed by atoms with van der Waals surface area (Å²) in [6.07, 6.45) is 0.917. The van der Waals surface area contributed by atoms with Gasteiger partial charge in [0.05, 0.1) is 0 Å². The fourth-order valence-electron chi connectivity index (χ4n) is 1.41. The quantitative estimate of drug-likeness (QED) is 0.683. The lowest BCUT2D eigenvalue weighted by atomic mass is 10.0. The van der Waals surface area contributed by atoms with Crippen molar-refractivity contribution < 1.29 is 9.59 Å². The molecule has 13 heavy (non-hydrogen) atoms. The van der Waals surface area contributed by atoms with Gasteiger partial charge in [0, 0.05) is 0 Å². The maximum Gasteiger partial charge on any atom is 0.350 e. The summed E-state index contributed by atoms with van der Waals surface area (Å²) in [7, 11) is -2.63. The van der Waals surface area contributed by atoms with Gasteiger partial charge in [-0.3, -0.25) is 0 Å². The van der Waals surface area contributed by atoms with E-state index >= 15 is 0 Å². The Bertz CT molecular complexity index is 271. The second-order valence-corrected chi connectivity index (χ2v) is 5.04. The van der Waals surface area contributed by atoms with E-state index in [0.29, 0.717) is 5.92 Å². The molecule has 0 atom stereocenters. The summed E-state index contributed by atoms with van der Waals surface area (Å²) in [5.41, 5.74) is 1.08. The van der Waals surface area contributed by atoms with Crippen LogP contribution in [-0.2, 0) is 6.42 Å². The molecule has 0 aromatic heterocycles. The molecule has 0 unspecified atom stereocenters. The van der Waals surface area contributed by atoms with E-state index in [9.17, 15) is 9.59 Å². The van der Waals surface area contributed by atoms with E-state index < -0.39 is 9.28 Å². The van der Waals surface area contributed by atoms with Crippen LogP contribution < -0.4 is 5.19 Å². The first-order valence-corrected chi connectivity index (χ1v) is 6.16. The molecule has 72 valence electrons. The summed E-state index contributed by atoms with van der Waals surface area (Å²) in [4.78, 5) is 18.4. The Morgan fingerprint density at radius 1 is 1.23 bits per heavy atom. The second kappa shape index (κ2) is 4.55. The molecular weight excluding hydrogens is 180 g/mol. The zero-order valence-corrected chi connectivity index (χ0v) is 9.22. The van der Waals surface area contributed by atoms with Gasteiger partial charge in [-0.05, 0) is 23.1 Å². The average molecular weight is 196 g/mol. The van der Waals surface area contributed by atoms with Crippen molar-refractivity contribution in [1.29, 1.82) is 0 Å². The Morgan fingerprint density at radius 3 is 2.38 bits per heavy atom. The molecule has 0 saturated carbocycles. The molecule has 0 fully saturated rings. The minimum atomic E-state index is -2.63. The van der Waals surface area contributed by atoms with E-state index in [-0.39, 0.29) is 0 Å². The Kier molecular flexibility index (Phi) is 3.66. The molecule has 0 aliphatic carbocycles. The maximum absolute atomic E-state index is 9.21. The fraction of sp³-hybridized carbons (Fsp3) is 0.400. The predicted molar refractivity (Wildman–Crippen MR) is 56.2 cm³/mol. The first-order chi connectivity index (χ1) is 6.11. The molecule has 3 heteroatoms. The molecule has 1 rings (SSSR count). The minimum absolute atomic E-state index is 0.550. The first-order valence-electron chi connectivity index (χ1n) is 4.55. The van der Waals surface area contributed by atoms with Gasteiger partial charge in [0.2, 0.25) is 0 Å². The van der Waals surface area contributed by atoms with E-state index in [0.717, 1.165) is 17.2 Å². The van der Waals surface area contributed by atoms with Gasteiger partial charge in [-0.2, -0.15) is 0 Å². The van der Waals surface area contributed by atoms with Gasteiger partial charge in [0.15, 0.2) is 0 Å². The van der Waals surface area contributed by atoms with Gasteiger partial charge in [0.25, 0.3) is 0 Å². The molecule has 0 bridgehead atoms. The van der Waals surface area contributed by atoms with Crippen molar-refractivity contribution in [2.24, 2.45) is 5.92 Å². The lowest BCUT2D eigenvalue weighted by molar-refractivity contribution is 0.425. The lowest BCUT2D eigenvalue weighted by Crippen LogP contribution is -2.33. The standard InChI is InChI=1S/C10H16O2Si/c1-8(2)7-9-5-3-4-6-10(9)13(11)12/h3-6,8,11-13H,7H2,1-2H3. The zero-order valence-electron chi connectivity index (χ0n) is 8.07. The molecule has 0 amide bonds. The van der Waals surface area contributed by atoms with E-state index in [1.807, 2.05) is 24.3 Å².